The summed E-state index contributed by atoms with van der Waals surface area (Å²) in [4.78, 5) is 26.3. The highest BCUT2D eigenvalue weighted by molar-refractivity contribution is 6.05. The predicted octanol–water partition coefficient (Wildman–Crippen LogP) is 5.36. The maximum atomic E-state index is 13.5. The zero-order valence-electron chi connectivity index (χ0n) is 18.0. The second-order valence-corrected chi connectivity index (χ2v) is 7.52. The average molecular weight is 433 g/mol. The van der Waals surface area contributed by atoms with E-state index in [0.717, 1.165) is 16.7 Å². The van der Waals surface area contributed by atoms with Gasteiger partial charge in [0.05, 0.1) is 6.04 Å². The van der Waals surface area contributed by atoms with Gasteiger partial charge in [-0.3, -0.25) is 9.59 Å². The third-order valence-electron chi connectivity index (χ3n) is 5.18. The number of nitrogens with one attached hydrogen (secondary N) is 2. The first-order valence-corrected chi connectivity index (χ1v) is 10.7. The zero-order chi connectivity index (χ0) is 22.9. The van der Waals surface area contributed by atoms with Crippen molar-refractivity contribution in [2.75, 3.05) is 0 Å². The minimum atomic E-state index is -0.374. The fourth-order valence-electron chi connectivity index (χ4n) is 3.52. The Morgan fingerprint density at radius 3 is 1.58 bits per heavy atom. The van der Waals surface area contributed by atoms with Crippen LogP contribution in [0, 0.1) is 0 Å². The van der Waals surface area contributed by atoms with Crippen LogP contribution in [0.5, 0.6) is 0 Å². The molecule has 162 valence electrons. The monoisotopic (exact) mass is 432 g/mol. The molecule has 0 saturated heterocycles. The van der Waals surface area contributed by atoms with Gasteiger partial charge in [-0.2, -0.15) is 0 Å². The first-order valence-electron chi connectivity index (χ1n) is 10.7. The Labute approximate surface area is 193 Å². The lowest BCUT2D eigenvalue weighted by molar-refractivity contribution is -0.118. The van der Waals surface area contributed by atoms with E-state index in [1.807, 2.05) is 97.1 Å². The summed E-state index contributed by atoms with van der Waals surface area (Å²) in [5.74, 6) is -0.718. The second kappa shape index (κ2) is 10.7. The Kier molecular flexibility index (Phi) is 7.08. The summed E-state index contributed by atoms with van der Waals surface area (Å²) in [6.07, 6.45) is 1.68. The lowest BCUT2D eigenvalue weighted by Gasteiger charge is -2.21. The zero-order valence-corrected chi connectivity index (χ0v) is 18.0. The van der Waals surface area contributed by atoms with E-state index in [9.17, 15) is 9.59 Å². The smallest absolute Gasteiger partial charge is 0.268 e. The van der Waals surface area contributed by atoms with E-state index in [2.05, 4.69) is 10.6 Å². The van der Waals surface area contributed by atoms with Crippen molar-refractivity contribution < 1.29 is 9.59 Å². The molecule has 4 heteroatoms. The number of hydrogen-bond donors (Lipinski definition) is 2. The van der Waals surface area contributed by atoms with Gasteiger partial charge in [-0.25, -0.2) is 0 Å². The van der Waals surface area contributed by atoms with Crippen molar-refractivity contribution >= 4 is 17.9 Å². The molecule has 0 unspecified atom stereocenters. The van der Waals surface area contributed by atoms with Crippen LogP contribution in [-0.4, -0.2) is 11.8 Å². The highest BCUT2D eigenvalue weighted by atomic mass is 16.2. The second-order valence-electron chi connectivity index (χ2n) is 7.52. The number of carbonyl (C=O) groups is 2. The van der Waals surface area contributed by atoms with Crippen LogP contribution in [0.4, 0.5) is 0 Å². The van der Waals surface area contributed by atoms with E-state index in [-0.39, 0.29) is 23.6 Å². The minimum absolute atomic E-state index is 0.173. The number of amides is 2. The fourth-order valence-corrected chi connectivity index (χ4v) is 3.52. The molecule has 0 bridgehead atoms. The first-order chi connectivity index (χ1) is 16.2. The molecule has 0 aromatic heterocycles. The molecule has 0 spiro atoms. The van der Waals surface area contributed by atoms with E-state index in [4.69, 9.17) is 0 Å². The van der Waals surface area contributed by atoms with Crippen LogP contribution in [0.2, 0.25) is 0 Å². The van der Waals surface area contributed by atoms with E-state index in [1.54, 1.807) is 30.3 Å². The lowest BCUT2D eigenvalue weighted by Crippen LogP contribution is -2.37. The van der Waals surface area contributed by atoms with E-state index < -0.39 is 0 Å². The van der Waals surface area contributed by atoms with Gasteiger partial charge in [-0.1, -0.05) is 109 Å². The molecule has 4 nitrogen and oxygen atoms in total. The maximum absolute atomic E-state index is 13.5. The van der Waals surface area contributed by atoms with Crippen molar-refractivity contribution in [1.29, 1.82) is 0 Å². The number of rotatable bonds is 7. The van der Waals surface area contributed by atoms with Gasteiger partial charge in [0.1, 0.15) is 5.70 Å². The molecule has 0 fully saturated rings. The molecular weight excluding hydrogens is 408 g/mol. The lowest BCUT2D eigenvalue weighted by atomic mass is 9.98. The molecule has 0 aliphatic heterocycles. The van der Waals surface area contributed by atoms with Crippen molar-refractivity contribution in [2.45, 2.75) is 6.04 Å². The van der Waals surface area contributed by atoms with E-state index in [0.29, 0.717) is 5.56 Å². The number of benzene rings is 4. The van der Waals surface area contributed by atoms with E-state index >= 15 is 0 Å². The van der Waals surface area contributed by atoms with Gasteiger partial charge in [0.2, 0.25) is 0 Å². The predicted molar refractivity (Wildman–Crippen MR) is 131 cm³/mol. The molecule has 0 heterocycles. The maximum Gasteiger partial charge on any atom is 0.268 e. The molecule has 4 aromatic rings. The van der Waals surface area contributed by atoms with Crippen LogP contribution >= 0.6 is 0 Å². The molecular formula is C29H24N2O2. The molecule has 2 amide bonds. The van der Waals surface area contributed by atoms with Crippen molar-refractivity contribution in [3.8, 4) is 0 Å². The Balaban J connectivity index is 1.66. The third-order valence-corrected chi connectivity index (χ3v) is 5.18. The molecule has 0 saturated carbocycles. The summed E-state index contributed by atoms with van der Waals surface area (Å²) < 4.78 is 0. The molecule has 0 aliphatic carbocycles. The van der Waals surface area contributed by atoms with Gasteiger partial charge in [-0.15, -0.1) is 0 Å². The normalized spacial score (nSPS) is 11.1. The van der Waals surface area contributed by atoms with Crippen LogP contribution in [0.25, 0.3) is 6.08 Å². The van der Waals surface area contributed by atoms with Gasteiger partial charge < -0.3 is 10.6 Å². The van der Waals surface area contributed by atoms with Crippen molar-refractivity contribution in [3.05, 3.63) is 149 Å². The highest BCUT2D eigenvalue weighted by Crippen LogP contribution is 2.22. The molecule has 2 N–H and O–H groups in total. The summed E-state index contributed by atoms with van der Waals surface area (Å²) in [6, 6.07) is 37.4. The van der Waals surface area contributed by atoms with Gasteiger partial charge in [-0.05, 0) is 34.9 Å². The van der Waals surface area contributed by atoms with Crippen LogP contribution in [0.3, 0.4) is 0 Å². The highest BCUT2D eigenvalue weighted by Gasteiger charge is 2.21. The Morgan fingerprint density at radius 1 is 0.606 bits per heavy atom. The number of carbonyl (C=O) groups excluding carboxylic acids is 2. The number of hydrogen-bond acceptors (Lipinski definition) is 2. The third kappa shape index (κ3) is 5.83. The van der Waals surface area contributed by atoms with E-state index in [1.165, 1.54) is 0 Å². The van der Waals surface area contributed by atoms with Crippen LogP contribution in [-0.2, 0) is 4.79 Å². The molecule has 4 aromatic carbocycles. The largest absolute Gasteiger partial charge is 0.340 e. The van der Waals surface area contributed by atoms with Gasteiger partial charge in [0.15, 0.2) is 0 Å². The summed E-state index contributed by atoms with van der Waals surface area (Å²) in [6.45, 7) is 0. The van der Waals surface area contributed by atoms with Crippen molar-refractivity contribution in [2.24, 2.45) is 0 Å². The van der Waals surface area contributed by atoms with Crippen molar-refractivity contribution in [1.82, 2.24) is 10.6 Å². The summed E-state index contributed by atoms with van der Waals surface area (Å²) in [5.41, 5.74) is 3.36. The summed E-state index contributed by atoms with van der Waals surface area (Å²) in [7, 11) is 0. The molecule has 33 heavy (non-hydrogen) atoms. The SMILES string of the molecule is O=C(NC(c1ccccc1)c1ccccc1)/C(=C\c1ccccc1)NC(=O)c1ccccc1. The van der Waals surface area contributed by atoms with Gasteiger partial charge in [0, 0.05) is 5.56 Å². The van der Waals surface area contributed by atoms with Gasteiger partial charge in [0.25, 0.3) is 11.8 Å². The van der Waals surface area contributed by atoms with Crippen LogP contribution in [0.1, 0.15) is 33.1 Å². The molecule has 0 atom stereocenters. The fraction of sp³-hybridized carbons (Fsp3) is 0.0345. The van der Waals surface area contributed by atoms with Crippen LogP contribution in [0.15, 0.2) is 127 Å². The average Bonchev–Trinajstić information content (AvgIpc) is 2.89. The van der Waals surface area contributed by atoms with Gasteiger partial charge >= 0.3 is 0 Å². The Bertz CT molecular complexity index is 1180. The Morgan fingerprint density at radius 2 is 1.06 bits per heavy atom. The quantitative estimate of drug-likeness (QED) is 0.386. The summed E-state index contributed by atoms with van der Waals surface area (Å²) in [5, 5.41) is 5.90. The minimum Gasteiger partial charge on any atom is -0.340 e. The van der Waals surface area contributed by atoms with Crippen LogP contribution < -0.4 is 10.6 Å². The first kappa shape index (κ1) is 21.8. The Hall–Kier alpha value is -4.44. The molecule has 4 rings (SSSR count). The molecule has 0 radical (unpaired) electrons. The summed E-state index contributed by atoms with van der Waals surface area (Å²) >= 11 is 0. The topological polar surface area (TPSA) is 58.2 Å². The van der Waals surface area contributed by atoms with Crippen molar-refractivity contribution in [3.63, 3.8) is 0 Å². The molecule has 0 aliphatic rings. The standard InChI is InChI=1S/C29H24N2O2/c32-28(25-19-11-4-12-20-25)30-26(21-22-13-5-1-6-14-22)29(33)31-27(23-15-7-2-8-16-23)24-17-9-3-10-18-24/h1-21,27H,(H,30,32)(H,31,33)/b26-21+.